The second kappa shape index (κ2) is 8.87. The zero-order chi connectivity index (χ0) is 29.9. The lowest BCUT2D eigenvalue weighted by molar-refractivity contribution is 0.669. The third-order valence-corrected chi connectivity index (χ3v) is 10.9. The molecule has 0 atom stereocenters. The molecule has 0 spiro atoms. The maximum atomic E-state index is 6.39. The van der Waals surface area contributed by atoms with Crippen molar-refractivity contribution < 1.29 is 4.42 Å². The van der Waals surface area contributed by atoms with E-state index in [1.54, 1.807) is 0 Å². The summed E-state index contributed by atoms with van der Waals surface area (Å²) in [6.07, 6.45) is 0. The number of furan rings is 1. The van der Waals surface area contributed by atoms with Gasteiger partial charge in [0.1, 0.15) is 11.2 Å². The summed E-state index contributed by atoms with van der Waals surface area (Å²) >= 11 is 1.85. The van der Waals surface area contributed by atoms with Gasteiger partial charge in [-0.15, -0.1) is 11.3 Å². The summed E-state index contributed by atoms with van der Waals surface area (Å²) < 4.78 is 11.4. The van der Waals surface area contributed by atoms with Gasteiger partial charge in [0.05, 0.1) is 16.6 Å². The van der Waals surface area contributed by atoms with Crippen LogP contribution in [-0.4, -0.2) is 4.40 Å². The van der Waals surface area contributed by atoms with Crippen molar-refractivity contribution >= 4 is 109 Å². The molecule has 0 saturated heterocycles. The topological polar surface area (TPSA) is 20.8 Å². The molecule has 7 aromatic carbocycles. The first kappa shape index (κ1) is 24.5. The van der Waals surface area contributed by atoms with Gasteiger partial charge in [-0.05, 0) is 66.7 Å². The standard InChI is InChI=1S/C42H24N2OS/c1-4-13-36-28(8-1)32-11-7-12-33-34-22-25(17-20-37(34)44(36)42(32)33)43(26-18-21-41-35(23-26)31-10-3-6-15-40(31)46-41)27-16-19-30-29-9-2-5-14-38(29)45-39(30)24-27/h1-24H. The van der Waals surface area contributed by atoms with Gasteiger partial charge >= 0.3 is 0 Å². The third kappa shape index (κ3) is 3.21. The van der Waals surface area contributed by atoms with Crippen LogP contribution in [0.25, 0.3) is 80.2 Å². The zero-order valence-corrected chi connectivity index (χ0v) is 25.4. The normalized spacial score (nSPS) is 12.3. The maximum Gasteiger partial charge on any atom is 0.137 e. The molecular formula is C42H24N2OS. The Morgan fingerprint density at radius 1 is 0.413 bits per heavy atom. The zero-order valence-electron chi connectivity index (χ0n) is 24.6. The average molecular weight is 605 g/mol. The van der Waals surface area contributed by atoms with Crippen molar-refractivity contribution in [3.63, 3.8) is 0 Å². The van der Waals surface area contributed by atoms with Crippen LogP contribution >= 0.6 is 11.3 Å². The van der Waals surface area contributed by atoms with Crippen LogP contribution < -0.4 is 4.90 Å². The monoisotopic (exact) mass is 604 g/mol. The average Bonchev–Trinajstić information content (AvgIpc) is 3.85. The third-order valence-electron chi connectivity index (χ3n) is 9.70. The summed E-state index contributed by atoms with van der Waals surface area (Å²) in [5.41, 5.74) is 8.85. The summed E-state index contributed by atoms with van der Waals surface area (Å²) in [4.78, 5) is 2.38. The number of benzene rings is 7. The van der Waals surface area contributed by atoms with E-state index in [0.717, 1.165) is 39.0 Å². The van der Waals surface area contributed by atoms with Crippen molar-refractivity contribution in [3.8, 4) is 0 Å². The lowest BCUT2D eigenvalue weighted by Gasteiger charge is -2.26. The van der Waals surface area contributed by atoms with E-state index in [1.165, 1.54) is 58.3 Å². The molecule has 0 unspecified atom stereocenters. The van der Waals surface area contributed by atoms with Gasteiger partial charge in [-0.3, -0.25) is 0 Å². The molecular weight excluding hydrogens is 581 g/mol. The summed E-state index contributed by atoms with van der Waals surface area (Å²) in [5, 5.41) is 9.97. The van der Waals surface area contributed by atoms with Gasteiger partial charge < -0.3 is 13.7 Å². The molecule has 4 heteroatoms. The fraction of sp³-hybridized carbons (Fsp3) is 0. The van der Waals surface area contributed by atoms with Crippen molar-refractivity contribution in [1.82, 2.24) is 4.40 Å². The minimum atomic E-state index is 0.888. The molecule has 0 fully saturated rings. The number of hydrogen-bond acceptors (Lipinski definition) is 3. The molecule has 0 amide bonds. The van der Waals surface area contributed by atoms with Crippen LogP contribution in [-0.2, 0) is 0 Å². The van der Waals surface area contributed by atoms with Gasteiger partial charge in [-0.2, -0.15) is 0 Å². The molecule has 4 aromatic heterocycles. The Morgan fingerprint density at radius 3 is 1.93 bits per heavy atom. The van der Waals surface area contributed by atoms with Gasteiger partial charge in [0.2, 0.25) is 0 Å². The number of aromatic nitrogens is 1. The van der Waals surface area contributed by atoms with Crippen molar-refractivity contribution in [3.05, 3.63) is 146 Å². The van der Waals surface area contributed by atoms with Gasteiger partial charge in [-0.25, -0.2) is 0 Å². The van der Waals surface area contributed by atoms with Crippen molar-refractivity contribution in [2.75, 3.05) is 4.90 Å². The van der Waals surface area contributed by atoms with Crippen molar-refractivity contribution in [2.45, 2.75) is 0 Å². The second-order valence-corrected chi connectivity index (χ2v) is 13.2. The predicted octanol–water partition coefficient (Wildman–Crippen LogP) is 12.6. The van der Waals surface area contributed by atoms with Crippen LogP contribution in [0.15, 0.2) is 150 Å². The number of anilines is 3. The minimum Gasteiger partial charge on any atom is -0.456 e. The van der Waals surface area contributed by atoms with Crippen LogP contribution in [0.3, 0.4) is 0 Å². The minimum absolute atomic E-state index is 0.888. The Bertz CT molecular complexity index is 3000. The quantitative estimate of drug-likeness (QED) is 0.200. The highest BCUT2D eigenvalue weighted by Gasteiger charge is 2.21. The number of nitrogens with zero attached hydrogens (tertiary/aromatic N) is 2. The number of hydrogen-bond donors (Lipinski definition) is 0. The first-order valence-electron chi connectivity index (χ1n) is 15.6. The first-order valence-corrected chi connectivity index (χ1v) is 16.4. The molecule has 0 radical (unpaired) electrons. The summed E-state index contributed by atoms with van der Waals surface area (Å²) in [5.74, 6) is 0. The molecule has 0 aliphatic heterocycles. The molecule has 11 rings (SSSR count). The Balaban J connectivity index is 1.19. The molecule has 4 heterocycles. The van der Waals surface area contributed by atoms with Crippen LogP contribution in [0.4, 0.5) is 17.1 Å². The molecule has 46 heavy (non-hydrogen) atoms. The van der Waals surface area contributed by atoms with Crippen molar-refractivity contribution in [1.29, 1.82) is 0 Å². The second-order valence-electron chi connectivity index (χ2n) is 12.1. The van der Waals surface area contributed by atoms with Crippen LogP contribution in [0.2, 0.25) is 0 Å². The van der Waals surface area contributed by atoms with Gasteiger partial charge in [0.25, 0.3) is 0 Å². The highest BCUT2D eigenvalue weighted by Crippen LogP contribution is 2.45. The summed E-state index contributed by atoms with van der Waals surface area (Å²) in [6, 6.07) is 52.9. The fourth-order valence-corrected chi connectivity index (χ4v) is 8.80. The summed E-state index contributed by atoms with van der Waals surface area (Å²) in [6.45, 7) is 0. The number of rotatable bonds is 3. The molecule has 3 nitrogen and oxygen atoms in total. The van der Waals surface area contributed by atoms with E-state index in [0.29, 0.717) is 0 Å². The Labute approximate surface area is 267 Å². The molecule has 0 saturated carbocycles. The fourth-order valence-electron chi connectivity index (χ4n) is 7.71. The van der Waals surface area contributed by atoms with Gasteiger partial charge in [0, 0.05) is 75.6 Å². The van der Waals surface area contributed by atoms with Crippen molar-refractivity contribution in [2.24, 2.45) is 0 Å². The molecule has 0 N–H and O–H groups in total. The van der Waals surface area contributed by atoms with E-state index < -0.39 is 0 Å². The van der Waals surface area contributed by atoms with Crippen LogP contribution in [0.5, 0.6) is 0 Å². The van der Waals surface area contributed by atoms with E-state index in [9.17, 15) is 0 Å². The summed E-state index contributed by atoms with van der Waals surface area (Å²) in [7, 11) is 0. The van der Waals surface area contributed by atoms with E-state index in [-0.39, 0.29) is 0 Å². The molecule has 0 bridgehead atoms. The first-order chi connectivity index (χ1) is 22.8. The van der Waals surface area contributed by atoms with E-state index >= 15 is 0 Å². The number of thiophene rings is 1. The van der Waals surface area contributed by atoms with Gasteiger partial charge in [-0.1, -0.05) is 72.8 Å². The largest absolute Gasteiger partial charge is 0.456 e. The van der Waals surface area contributed by atoms with Crippen LogP contribution in [0.1, 0.15) is 0 Å². The molecule has 214 valence electrons. The Kier molecular flexibility index (Phi) is 4.72. The van der Waals surface area contributed by atoms with Gasteiger partial charge in [0.15, 0.2) is 0 Å². The lowest BCUT2D eigenvalue weighted by Crippen LogP contribution is -2.09. The Morgan fingerprint density at radius 2 is 1.02 bits per heavy atom. The van der Waals surface area contributed by atoms with E-state index in [1.807, 2.05) is 23.5 Å². The smallest absolute Gasteiger partial charge is 0.137 e. The number of fused-ring (bicyclic) bond motifs is 12. The number of para-hydroxylation sites is 3. The van der Waals surface area contributed by atoms with E-state index in [4.69, 9.17) is 4.42 Å². The van der Waals surface area contributed by atoms with E-state index in [2.05, 4.69) is 143 Å². The Hall–Kier alpha value is -5.84. The maximum absolute atomic E-state index is 6.39. The molecule has 0 aliphatic rings. The molecule has 0 aliphatic carbocycles. The van der Waals surface area contributed by atoms with Crippen LogP contribution in [0, 0.1) is 0 Å². The molecule has 11 aromatic rings. The predicted molar refractivity (Wildman–Crippen MR) is 196 cm³/mol. The highest BCUT2D eigenvalue weighted by atomic mass is 32.1. The highest BCUT2D eigenvalue weighted by molar-refractivity contribution is 7.25. The SMILES string of the molecule is c1ccc2c(c1)oc1cc(N(c3ccc4sc5ccccc5c4c3)c3ccc4c(c3)c3cccc5c6ccccc6n4c53)ccc12. The lowest BCUT2D eigenvalue weighted by atomic mass is 10.1.